The van der Waals surface area contributed by atoms with Crippen molar-refractivity contribution in [2.24, 2.45) is 5.14 Å². The van der Waals surface area contributed by atoms with Crippen LogP contribution in [0.25, 0.3) is 5.69 Å². The lowest BCUT2D eigenvalue weighted by molar-refractivity contribution is -0.141. The van der Waals surface area contributed by atoms with Gasteiger partial charge in [0.05, 0.1) is 12.6 Å². The molecule has 2 aromatic carbocycles. The number of alkyl halides is 3. The first-order chi connectivity index (χ1) is 14.3. The molecule has 0 aliphatic heterocycles. The number of benzene rings is 2. The number of hydrogen-bond acceptors (Lipinski definition) is 5. The number of hydrogen-bond donors (Lipinski definition) is 2. The summed E-state index contributed by atoms with van der Waals surface area (Å²) in [7, 11) is -4.41. The van der Waals surface area contributed by atoms with E-state index in [9.17, 15) is 26.4 Å². The smallest absolute Gasteiger partial charge is 0.326 e. The Morgan fingerprint density at radius 3 is 2.45 bits per heavy atom. The van der Waals surface area contributed by atoms with Crippen LogP contribution in [-0.2, 0) is 27.4 Å². The van der Waals surface area contributed by atoms with E-state index in [1.165, 1.54) is 12.1 Å². The molecule has 164 valence electrons. The van der Waals surface area contributed by atoms with Crippen LogP contribution in [0.15, 0.2) is 47.5 Å². The van der Waals surface area contributed by atoms with Gasteiger partial charge in [0.1, 0.15) is 10.6 Å². The van der Waals surface area contributed by atoms with Crippen molar-refractivity contribution in [3.63, 3.8) is 0 Å². The Morgan fingerprint density at radius 1 is 1.16 bits per heavy atom. The summed E-state index contributed by atoms with van der Waals surface area (Å²) in [6.07, 6.45) is -4.46. The second-order valence-electron chi connectivity index (χ2n) is 6.21. The summed E-state index contributed by atoms with van der Waals surface area (Å²) in [5, 5.41) is 15.0. The van der Waals surface area contributed by atoms with Gasteiger partial charge < -0.3 is 5.32 Å². The van der Waals surface area contributed by atoms with Crippen molar-refractivity contribution in [3.8, 4) is 5.69 Å². The van der Waals surface area contributed by atoms with Crippen LogP contribution in [0.1, 0.15) is 11.3 Å². The summed E-state index contributed by atoms with van der Waals surface area (Å²) in [5.41, 5.74) is -1.12. The molecule has 0 radical (unpaired) electrons. The number of primary sulfonamides is 1. The number of nitrogens with two attached hydrogens (primary N) is 1. The predicted octanol–water partition coefficient (Wildman–Crippen LogP) is 3.42. The van der Waals surface area contributed by atoms with Gasteiger partial charge in [0.25, 0.3) is 0 Å². The molecular weight excluding hydrogens is 482 g/mol. The summed E-state index contributed by atoms with van der Waals surface area (Å²) < 4.78 is 62.3. The highest BCUT2D eigenvalue weighted by Crippen LogP contribution is 2.29. The van der Waals surface area contributed by atoms with Gasteiger partial charge in [-0.2, -0.15) is 18.3 Å². The molecule has 3 N–H and O–H groups in total. The first-order valence-corrected chi connectivity index (χ1v) is 10.6. The number of anilines is 1. The van der Waals surface area contributed by atoms with Crippen molar-refractivity contribution in [1.29, 1.82) is 0 Å². The third-order valence-electron chi connectivity index (χ3n) is 3.91. The minimum atomic E-state index is -4.77. The average Bonchev–Trinajstić information content (AvgIpc) is 3.14. The molecule has 0 fully saturated rings. The van der Waals surface area contributed by atoms with E-state index in [-0.39, 0.29) is 22.8 Å². The van der Waals surface area contributed by atoms with E-state index in [2.05, 4.69) is 15.5 Å². The number of rotatable bonds is 5. The van der Waals surface area contributed by atoms with E-state index < -0.39 is 32.7 Å². The molecule has 1 heterocycles. The predicted molar refractivity (Wildman–Crippen MR) is 107 cm³/mol. The minimum absolute atomic E-state index is 0.0334. The lowest BCUT2D eigenvalue weighted by Gasteiger charge is -2.11. The van der Waals surface area contributed by atoms with E-state index >= 15 is 0 Å². The Morgan fingerprint density at radius 2 is 1.87 bits per heavy atom. The molecule has 14 heteroatoms. The first-order valence-electron chi connectivity index (χ1n) is 8.25. The maximum Gasteiger partial charge on any atom is 0.436 e. The molecule has 1 aromatic heterocycles. The Kier molecular flexibility index (Phi) is 6.28. The fourth-order valence-electron chi connectivity index (χ4n) is 2.54. The number of carbonyl (C=O) groups is 1. The summed E-state index contributed by atoms with van der Waals surface area (Å²) in [4.78, 5) is 12.2. The van der Waals surface area contributed by atoms with E-state index in [1.54, 1.807) is 12.1 Å². The molecule has 8 nitrogen and oxygen atoms in total. The Balaban J connectivity index is 1.89. The van der Waals surface area contributed by atoms with Gasteiger partial charge in [0.2, 0.25) is 15.9 Å². The number of nitrogens with zero attached hydrogens (tertiary/aromatic N) is 3. The zero-order valence-corrected chi connectivity index (χ0v) is 17.5. The van der Waals surface area contributed by atoms with Crippen LogP contribution >= 0.6 is 23.2 Å². The molecule has 0 saturated carbocycles. The van der Waals surface area contributed by atoms with Crippen LogP contribution in [0, 0.1) is 0 Å². The highest BCUT2D eigenvalue weighted by molar-refractivity contribution is 7.89. The highest BCUT2D eigenvalue weighted by Gasteiger charge is 2.35. The molecule has 0 bridgehead atoms. The van der Waals surface area contributed by atoms with E-state index in [0.29, 0.717) is 21.6 Å². The quantitative estimate of drug-likeness (QED) is 0.564. The van der Waals surface area contributed by atoms with Crippen molar-refractivity contribution in [3.05, 3.63) is 63.9 Å². The van der Waals surface area contributed by atoms with Gasteiger partial charge >= 0.3 is 6.18 Å². The zero-order valence-electron chi connectivity index (χ0n) is 15.2. The normalized spacial score (nSPS) is 12.1. The fraction of sp³-hybridized carbons (Fsp3) is 0.118. The van der Waals surface area contributed by atoms with Crippen LogP contribution in [-0.4, -0.2) is 29.3 Å². The molecule has 1 amide bonds. The topological polar surface area (TPSA) is 120 Å². The Hall–Kier alpha value is -2.67. The van der Waals surface area contributed by atoms with E-state index in [4.69, 9.17) is 28.3 Å². The van der Waals surface area contributed by atoms with Crippen LogP contribution in [0.5, 0.6) is 0 Å². The molecule has 0 unspecified atom stereocenters. The summed E-state index contributed by atoms with van der Waals surface area (Å²) in [6.45, 7) is 0. The van der Waals surface area contributed by atoms with Gasteiger partial charge in [-0.15, -0.1) is 9.90 Å². The number of carbonyl (C=O) groups excluding carboxylic acids is 1. The lowest BCUT2D eigenvalue weighted by atomic mass is 10.1. The number of aromatic nitrogens is 3. The third-order valence-corrected chi connectivity index (χ3v) is 5.44. The SMILES string of the molecule is NS(=O)(=O)c1cc(NC(=O)Cc2ccc(Cl)cc2Cl)ccc1-n1ncc(C(F)(F)F)n1. The van der Waals surface area contributed by atoms with Gasteiger partial charge in [-0.1, -0.05) is 29.3 Å². The number of sulfonamides is 1. The second-order valence-corrected chi connectivity index (χ2v) is 8.58. The van der Waals surface area contributed by atoms with E-state index in [0.717, 1.165) is 12.1 Å². The van der Waals surface area contributed by atoms with Gasteiger partial charge in [0.15, 0.2) is 5.69 Å². The molecule has 3 aromatic rings. The first kappa shape index (κ1) is 23.0. The van der Waals surface area contributed by atoms with Crippen LogP contribution in [0.4, 0.5) is 18.9 Å². The second kappa shape index (κ2) is 8.46. The molecule has 0 aliphatic rings. The summed E-state index contributed by atoms with van der Waals surface area (Å²) in [6, 6.07) is 7.95. The molecule has 3 rings (SSSR count). The number of nitrogens with one attached hydrogen (secondary N) is 1. The van der Waals surface area contributed by atoms with Crippen molar-refractivity contribution in [2.75, 3.05) is 5.32 Å². The molecular formula is C17H12Cl2F3N5O3S. The largest absolute Gasteiger partial charge is 0.436 e. The van der Waals surface area contributed by atoms with Crippen LogP contribution in [0.3, 0.4) is 0 Å². The molecule has 0 saturated heterocycles. The van der Waals surface area contributed by atoms with Crippen LogP contribution < -0.4 is 10.5 Å². The van der Waals surface area contributed by atoms with Gasteiger partial charge in [-0.3, -0.25) is 4.79 Å². The third kappa shape index (κ3) is 5.53. The minimum Gasteiger partial charge on any atom is -0.326 e. The Labute approximate surface area is 183 Å². The van der Waals surface area contributed by atoms with Crippen molar-refractivity contribution >= 4 is 44.8 Å². The molecule has 0 aliphatic carbocycles. The number of amides is 1. The standard InChI is InChI=1S/C17H12Cl2F3N5O3S/c18-10-2-1-9(12(19)6-10)5-16(28)25-11-3-4-13(14(7-11)31(23,29)30)27-24-8-15(26-27)17(20,21)22/h1-4,6-8H,5H2,(H,25,28)(H2,23,29,30). The zero-order chi connectivity index (χ0) is 23.0. The highest BCUT2D eigenvalue weighted by atomic mass is 35.5. The van der Waals surface area contributed by atoms with Crippen molar-refractivity contribution in [1.82, 2.24) is 15.0 Å². The summed E-state index contributed by atoms with van der Waals surface area (Å²) >= 11 is 11.8. The monoisotopic (exact) mass is 493 g/mol. The lowest BCUT2D eigenvalue weighted by Crippen LogP contribution is -2.19. The van der Waals surface area contributed by atoms with Gasteiger partial charge in [0, 0.05) is 15.7 Å². The van der Waals surface area contributed by atoms with Crippen molar-refractivity contribution < 1.29 is 26.4 Å². The fourth-order valence-corrected chi connectivity index (χ4v) is 3.74. The number of halogens is 5. The molecule has 31 heavy (non-hydrogen) atoms. The van der Waals surface area contributed by atoms with Gasteiger partial charge in [-0.05, 0) is 35.9 Å². The maximum atomic E-state index is 12.8. The van der Waals surface area contributed by atoms with E-state index in [1.807, 2.05) is 0 Å². The average molecular weight is 494 g/mol. The van der Waals surface area contributed by atoms with Crippen LogP contribution in [0.2, 0.25) is 10.0 Å². The molecule has 0 spiro atoms. The molecule has 0 atom stereocenters. The summed E-state index contributed by atoms with van der Waals surface area (Å²) in [5.74, 6) is -0.533. The maximum absolute atomic E-state index is 12.8. The Bertz CT molecular complexity index is 1260. The van der Waals surface area contributed by atoms with Crippen molar-refractivity contribution in [2.45, 2.75) is 17.5 Å². The van der Waals surface area contributed by atoms with Gasteiger partial charge in [-0.25, -0.2) is 13.6 Å².